The molecule has 0 saturated carbocycles. The number of hydrogen-bond acceptors (Lipinski definition) is 5. The zero-order valence-corrected chi connectivity index (χ0v) is 14.5. The zero-order chi connectivity index (χ0) is 17.8. The van der Waals surface area contributed by atoms with E-state index in [1.54, 1.807) is 12.3 Å². The lowest BCUT2D eigenvalue weighted by Gasteiger charge is -2.02. The summed E-state index contributed by atoms with van der Waals surface area (Å²) in [6.07, 6.45) is 2.09. The number of para-hydroxylation sites is 1. The number of ether oxygens (including phenoxy) is 1. The Kier molecular flexibility index (Phi) is 4.96. The first-order valence-electron chi connectivity index (χ1n) is 7.81. The number of Topliss-reactive ketones (excluding diaryl/α,β-unsaturated/α-hetero) is 1. The van der Waals surface area contributed by atoms with E-state index in [0.29, 0.717) is 23.4 Å². The van der Waals surface area contributed by atoms with Crippen LogP contribution in [0.4, 0.5) is 0 Å². The minimum absolute atomic E-state index is 0.256. The van der Waals surface area contributed by atoms with Crippen molar-refractivity contribution in [1.82, 2.24) is 4.57 Å². The Hall–Kier alpha value is -2.91. The van der Waals surface area contributed by atoms with Crippen LogP contribution in [0.3, 0.4) is 0 Å². The molecule has 3 aromatic rings. The number of aryl methyl sites for hydroxylation is 2. The van der Waals surface area contributed by atoms with Gasteiger partial charge < -0.3 is 9.30 Å². The lowest BCUT2D eigenvalue weighted by atomic mass is 10.1. The standard InChI is InChI=1S/C19H16N2O3S/c1-13-7-8-18(25-13)19(23)24-12-17(22)15-11-21(10-4-9-20)16-6-3-2-5-14(15)16/h2-3,5-8,11H,4,10,12H2,1H3. The molecule has 0 unspecified atom stereocenters. The summed E-state index contributed by atoms with van der Waals surface area (Å²) in [5.41, 5.74) is 1.39. The number of fused-ring (bicyclic) bond motifs is 1. The molecule has 6 heteroatoms. The number of hydrogen-bond donors (Lipinski definition) is 0. The van der Waals surface area contributed by atoms with Crippen LogP contribution in [-0.2, 0) is 11.3 Å². The molecule has 1 aromatic carbocycles. The van der Waals surface area contributed by atoms with Crippen molar-refractivity contribution in [2.45, 2.75) is 19.9 Å². The van der Waals surface area contributed by atoms with Crippen LogP contribution in [0.5, 0.6) is 0 Å². The third-order valence-electron chi connectivity index (χ3n) is 3.83. The molecule has 3 rings (SSSR count). The molecule has 0 aliphatic rings. The van der Waals surface area contributed by atoms with Crippen LogP contribution in [0.1, 0.15) is 31.3 Å². The Morgan fingerprint density at radius 3 is 2.76 bits per heavy atom. The third kappa shape index (κ3) is 3.62. The number of carbonyl (C=O) groups excluding carboxylic acids is 2. The van der Waals surface area contributed by atoms with Gasteiger partial charge in [0.1, 0.15) is 4.88 Å². The number of nitrogens with zero attached hydrogens (tertiary/aromatic N) is 2. The normalized spacial score (nSPS) is 10.6. The van der Waals surface area contributed by atoms with Gasteiger partial charge in [0.15, 0.2) is 6.61 Å². The van der Waals surface area contributed by atoms with Gasteiger partial charge in [-0.2, -0.15) is 5.26 Å². The number of rotatable bonds is 6. The van der Waals surface area contributed by atoms with Crippen LogP contribution < -0.4 is 0 Å². The van der Waals surface area contributed by atoms with Crippen LogP contribution in [0.15, 0.2) is 42.6 Å². The number of nitriles is 1. The van der Waals surface area contributed by atoms with Crippen molar-refractivity contribution in [1.29, 1.82) is 5.26 Å². The summed E-state index contributed by atoms with van der Waals surface area (Å²) in [4.78, 5) is 26.0. The number of aromatic nitrogens is 1. The maximum atomic E-state index is 12.5. The lowest BCUT2D eigenvalue weighted by Crippen LogP contribution is -2.13. The van der Waals surface area contributed by atoms with Crippen LogP contribution in [0, 0.1) is 18.3 Å². The molecule has 0 atom stereocenters. The van der Waals surface area contributed by atoms with Gasteiger partial charge in [-0.25, -0.2) is 4.79 Å². The summed E-state index contributed by atoms with van der Waals surface area (Å²) >= 11 is 1.34. The Bertz CT molecular complexity index is 978. The lowest BCUT2D eigenvalue weighted by molar-refractivity contribution is 0.0480. The minimum atomic E-state index is -0.486. The largest absolute Gasteiger partial charge is 0.453 e. The SMILES string of the molecule is Cc1ccc(C(=O)OCC(=O)c2cn(CCC#N)c3ccccc23)s1. The maximum Gasteiger partial charge on any atom is 0.348 e. The van der Waals surface area contributed by atoms with E-state index in [1.165, 1.54) is 11.3 Å². The molecule has 0 amide bonds. The first kappa shape index (κ1) is 16.9. The highest BCUT2D eigenvalue weighted by Crippen LogP contribution is 2.23. The van der Waals surface area contributed by atoms with E-state index >= 15 is 0 Å². The van der Waals surface area contributed by atoms with Crippen LogP contribution in [0.25, 0.3) is 10.9 Å². The molecule has 2 heterocycles. The minimum Gasteiger partial charge on any atom is -0.453 e. The fraction of sp³-hybridized carbons (Fsp3) is 0.211. The number of carbonyl (C=O) groups is 2. The summed E-state index contributed by atoms with van der Waals surface area (Å²) in [6, 6.07) is 13.1. The van der Waals surface area contributed by atoms with Gasteiger partial charge >= 0.3 is 5.97 Å². The maximum absolute atomic E-state index is 12.5. The quantitative estimate of drug-likeness (QED) is 0.497. The molecule has 0 aliphatic carbocycles. The Morgan fingerprint density at radius 2 is 2.04 bits per heavy atom. The molecule has 126 valence electrons. The summed E-state index contributed by atoms with van der Waals surface area (Å²) in [6.45, 7) is 2.11. The van der Waals surface area contributed by atoms with E-state index in [1.807, 2.05) is 41.8 Å². The second-order valence-electron chi connectivity index (χ2n) is 5.57. The molecule has 0 N–H and O–H groups in total. The molecular weight excluding hydrogens is 336 g/mol. The van der Waals surface area contributed by atoms with Crippen molar-refractivity contribution >= 4 is 34.0 Å². The molecule has 0 spiro atoms. The Morgan fingerprint density at radius 1 is 1.24 bits per heavy atom. The third-order valence-corrected chi connectivity index (χ3v) is 4.81. The molecular formula is C19H16N2O3S. The topological polar surface area (TPSA) is 72.1 Å². The molecule has 2 aromatic heterocycles. The van der Waals surface area contributed by atoms with Crippen LogP contribution in [0.2, 0.25) is 0 Å². The summed E-state index contributed by atoms with van der Waals surface area (Å²) in [7, 11) is 0. The van der Waals surface area contributed by atoms with Gasteiger partial charge in [-0.3, -0.25) is 4.79 Å². The van der Waals surface area contributed by atoms with Crippen molar-refractivity contribution in [3.63, 3.8) is 0 Å². The molecule has 0 fully saturated rings. The van der Waals surface area contributed by atoms with Gasteiger partial charge in [-0.05, 0) is 25.1 Å². The second-order valence-corrected chi connectivity index (χ2v) is 6.86. The smallest absolute Gasteiger partial charge is 0.348 e. The van der Waals surface area contributed by atoms with E-state index < -0.39 is 5.97 Å². The summed E-state index contributed by atoms with van der Waals surface area (Å²) in [5, 5.41) is 9.58. The van der Waals surface area contributed by atoms with Crippen molar-refractivity contribution in [2.24, 2.45) is 0 Å². The first-order chi connectivity index (χ1) is 12.1. The molecule has 0 saturated heterocycles. The highest BCUT2D eigenvalue weighted by molar-refractivity contribution is 7.13. The number of ketones is 1. The van der Waals surface area contributed by atoms with E-state index in [0.717, 1.165) is 15.8 Å². The van der Waals surface area contributed by atoms with E-state index in [2.05, 4.69) is 6.07 Å². The first-order valence-corrected chi connectivity index (χ1v) is 8.63. The van der Waals surface area contributed by atoms with Gasteiger partial charge in [0.05, 0.1) is 12.5 Å². The molecule has 5 nitrogen and oxygen atoms in total. The van der Waals surface area contributed by atoms with Crippen molar-refractivity contribution in [3.8, 4) is 6.07 Å². The van der Waals surface area contributed by atoms with Crippen molar-refractivity contribution in [2.75, 3.05) is 6.61 Å². The van der Waals surface area contributed by atoms with Crippen molar-refractivity contribution in [3.05, 3.63) is 57.9 Å². The van der Waals surface area contributed by atoms with Gasteiger partial charge in [-0.1, -0.05) is 18.2 Å². The van der Waals surface area contributed by atoms with Crippen LogP contribution >= 0.6 is 11.3 Å². The second kappa shape index (κ2) is 7.32. The van der Waals surface area contributed by atoms with Gasteiger partial charge in [-0.15, -0.1) is 11.3 Å². The van der Waals surface area contributed by atoms with E-state index in [9.17, 15) is 9.59 Å². The average Bonchev–Trinajstić information content (AvgIpc) is 3.21. The predicted molar refractivity (Wildman–Crippen MR) is 95.8 cm³/mol. The highest BCUT2D eigenvalue weighted by atomic mass is 32.1. The van der Waals surface area contributed by atoms with Gasteiger partial charge in [0, 0.05) is 34.1 Å². The molecule has 0 aliphatic heterocycles. The summed E-state index contributed by atoms with van der Waals surface area (Å²) < 4.78 is 7.04. The fourth-order valence-electron chi connectivity index (χ4n) is 2.65. The molecule has 25 heavy (non-hydrogen) atoms. The predicted octanol–water partition coefficient (Wildman–Crippen LogP) is 3.96. The van der Waals surface area contributed by atoms with Crippen LogP contribution in [-0.4, -0.2) is 22.9 Å². The number of benzene rings is 1. The number of thiophene rings is 1. The Labute approximate surface area is 149 Å². The summed E-state index contributed by atoms with van der Waals surface area (Å²) in [5.74, 6) is -0.742. The van der Waals surface area contributed by atoms with E-state index in [-0.39, 0.29) is 12.4 Å². The number of esters is 1. The van der Waals surface area contributed by atoms with Crippen molar-refractivity contribution < 1.29 is 14.3 Å². The average molecular weight is 352 g/mol. The molecule has 0 bridgehead atoms. The van der Waals surface area contributed by atoms with E-state index in [4.69, 9.17) is 10.00 Å². The Balaban J connectivity index is 1.78. The monoisotopic (exact) mass is 352 g/mol. The molecule has 0 radical (unpaired) electrons. The zero-order valence-electron chi connectivity index (χ0n) is 13.7. The fourth-order valence-corrected chi connectivity index (χ4v) is 3.41. The highest BCUT2D eigenvalue weighted by Gasteiger charge is 2.17. The van der Waals surface area contributed by atoms with Gasteiger partial charge in [0.25, 0.3) is 0 Å². The van der Waals surface area contributed by atoms with Gasteiger partial charge in [0.2, 0.25) is 5.78 Å².